The molecule has 0 aromatic heterocycles. The first-order chi connectivity index (χ1) is 9.26. The van der Waals surface area contributed by atoms with Gasteiger partial charge >= 0.3 is 6.16 Å². The van der Waals surface area contributed by atoms with E-state index >= 15 is 0 Å². The van der Waals surface area contributed by atoms with Gasteiger partial charge in [0.15, 0.2) is 0 Å². The van der Waals surface area contributed by atoms with Gasteiger partial charge in [-0.3, -0.25) is 0 Å². The molecule has 19 heavy (non-hydrogen) atoms. The maximum atomic E-state index is 11.3. The summed E-state index contributed by atoms with van der Waals surface area (Å²) in [7, 11) is 0. The van der Waals surface area contributed by atoms with Gasteiger partial charge in [0, 0.05) is 0 Å². The number of hydrogen-bond donors (Lipinski definition) is 0. The Bertz CT molecular complexity index is 422. The van der Waals surface area contributed by atoms with E-state index in [9.17, 15) is 4.79 Å². The highest BCUT2D eigenvalue weighted by Crippen LogP contribution is 2.12. The van der Waals surface area contributed by atoms with E-state index in [1.165, 1.54) is 6.42 Å². The first-order valence-corrected chi connectivity index (χ1v) is 6.26. The van der Waals surface area contributed by atoms with Gasteiger partial charge in [0.05, 0.1) is 0 Å². The van der Waals surface area contributed by atoms with Crippen LogP contribution in [0.3, 0.4) is 0 Å². The molecule has 2 rings (SSSR count). The number of carbonyl (C=O) groups excluding carboxylic acids is 1. The Morgan fingerprint density at radius 3 is 1.42 bits per heavy atom. The lowest BCUT2D eigenvalue weighted by Crippen LogP contribution is -2.13. The van der Waals surface area contributed by atoms with Gasteiger partial charge in [-0.2, -0.15) is 0 Å². The molecule has 100 valence electrons. The second-order valence-electron chi connectivity index (χ2n) is 3.79. The van der Waals surface area contributed by atoms with Crippen LogP contribution in [0.25, 0.3) is 0 Å². The van der Waals surface area contributed by atoms with Crippen molar-refractivity contribution < 1.29 is 14.3 Å². The zero-order valence-electron chi connectivity index (χ0n) is 11.2. The third-order valence-corrected chi connectivity index (χ3v) is 1.89. The quantitative estimate of drug-likeness (QED) is 0.579. The molecule has 3 heteroatoms. The van der Waals surface area contributed by atoms with E-state index in [4.69, 9.17) is 9.47 Å². The monoisotopic (exact) mass is 258 g/mol. The normalized spacial score (nSPS) is 8.95. The smallest absolute Gasteiger partial charge is 0.395 e. The molecule has 0 unspecified atom stereocenters. The fraction of sp³-hybridized carbons (Fsp3) is 0.188. The Morgan fingerprint density at radius 1 is 0.789 bits per heavy atom. The molecule has 2 aromatic rings. The van der Waals surface area contributed by atoms with Gasteiger partial charge in [0.1, 0.15) is 11.5 Å². The number of rotatable bonds is 2. The van der Waals surface area contributed by atoms with Crippen LogP contribution in [0, 0.1) is 0 Å². The summed E-state index contributed by atoms with van der Waals surface area (Å²) < 4.78 is 9.91. The van der Waals surface area contributed by atoms with Crippen molar-refractivity contribution in [1.82, 2.24) is 0 Å². The Labute approximate surface area is 113 Å². The molecule has 0 aliphatic carbocycles. The Morgan fingerprint density at radius 2 is 1.11 bits per heavy atom. The van der Waals surface area contributed by atoms with Crippen LogP contribution in [0.5, 0.6) is 11.5 Å². The predicted octanol–water partition coefficient (Wildman–Crippen LogP) is 4.68. The highest BCUT2D eigenvalue weighted by molar-refractivity contribution is 5.66. The van der Waals surface area contributed by atoms with E-state index in [-0.39, 0.29) is 0 Å². The molecule has 0 atom stereocenters. The molecule has 0 saturated carbocycles. The molecule has 0 saturated heterocycles. The highest BCUT2D eigenvalue weighted by Gasteiger charge is 2.06. The van der Waals surface area contributed by atoms with Gasteiger partial charge in [-0.25, -0.2) is 4.79 Å². The van der Waals surface area contributed by atoms with Gasteiger partial charge in [-0.1, -0.05) is 56.7 Å². The van der Waals surface area contributed by atoms with Crippen LogP contribution in [0.1, 0.15) is 20.3 Å². The summed E-state index contributed by atoms with van der Waals surface area (Å²) >= 11 is 0. The molecule has 0 spiro atoms. The van der Waals surface area contributed by atoms with Crippen molar-refractivity contribution in [3.05, 3.63) is 60.7 Å². The molecule has 2 aromatic carbocycles. The van der Waals surface area contributed by atoms with E-state index < -0.39 is 6.16 Å². The lowest BCUT2D eigenvalue weighted by atomic mass is 10.3. The van der Waals surface area contributed by atoms with Crippen molar-refractivity contribution in [3.63, 3.8) is 0 Å². The zero-order chi connectivity index (χ0) is 13.9. The summed E-state index contributed by atoms with van der Waals surface area (Å²) in [5.74, 6) is 0.923. The van der Waals surface area contributed by atoms with Crippen molar-refractivity contribution in [2.75, 3.05) is 0 Å². The van der Waals surface area contributed by atoms with Gasteiger partial charge in [-0.15, -0.1) is 0 Å². The molecule has 0 N–H and O–H groups in total. The number of hydrogen-bond acceptors (Lipinski definition) is 3. The highest BCUT2D eigenvalue weighted by atomic mass is 16.7. The summed E-state index contributed by atoms with van der Waals surface area (Å²) in [4.78, 5) is 11.3. The van der Waals surface area contributed by atoms with Crippen LogP contribution >= 0.6 is 0 Å². The molecule has 0 amide bonds. The van der Waals surface area contributed by atoms with Crippen LogP contribution in [0.2, 0.25) is 0 Å². The summed E-state index contributed by atoms with van der Waals surface area (Å²) in [6, 6.07) is 17.6. The van der Waals surface area contributed by atoms with Crippen molar-refractivity contribution >= 4 is 6.16 Å². The third kappa shape index (κ3) is 6.27. The summed E-state index contributed by atoms with van der Waals surface area (Å²) in [6.07, 6.45) is 0.511. The lowest BCUT2D eigenvalue weighted by Gasteiger charge is -2.04. The SMILES string of the molecule is CCC.O=C(Oc1ccccc1)Oc1ccccc1. The molecule has 0 aliphatic heterocycles. The van der Waals surface area contributed by atoms with Crippen LogP contribution in [0.4, 0.5) is 4.79 Å². The minimum Gasteiger partial charge on any atom is -0.395 e. The Hall–Kier alpha value is -2.29. The first kappa shape index (κ1) is 14.8. The third-order valence-electron chi connectivity index (χ3n) is 1.89. The van der Waals surface area contributed by atoms with Gasteiger partial charge < -0.3 is 9.47 Å². The van der Waals surface area contributed by atoms with E-state index in [0.29, 0.717) is 11.5 Å². The molecule has 0 bridgehead atoms. The van der Waals surface area contributed by atoms with Crippen LogP contribution < -0.4 is 9.47 Å². The van der Waals surface area contributed by atoms with Gasteiger partial charge in [0.25, 0.3) is 0 Å². The fourth-order valence-electron chi connectivity index (χ4n) is 1.19. The van der Waals surface area contributed by atoms with Crippen molar-refractivity contribution in [2.24, 2.45) is 0 Å². The molecule has 0 radical (unpaired) electrons. The topological polar surface area (TPSA) is 35.5 Å². The van der Waals surface area contributed by atoms with Crippen molar-refractivity contribution in [3.8, 4) is 11.5 Å². The molecule has 0 aliphatic rings. The summed E-state index contributed by atoms with van der Waals surface area (Å²) in [5.41, 5.74) is 0. The van der Waals surface area contributed by atoms with E-state index in [2.05, 4.69) is 13.8 Å². The first-order valence-electron chi connectivity index (χ1n) is 6.26. The minimum absolute atomic E-state index is 0.462. The number of benzene rings is 2. The summed E-state index contributed by atoms with van der Waals surface area (Å²) in [5, 5.41) is 0. The molecule has 0 fully saturated rings. The summed E-state index contributed by atoms with van der Waals surface area (Å²) in [6.45, 7) is 4.25. The maximum absolute atomic E-state index is 11.3. The van der Waals surface area contributed by atoms with Crippen molar-refractivity contribution in [1.29, 1.82) is 0 Å². The van der Waals surface area contributed by atoms with E-state index in [0.717, 1.165) is 0 Å². The van der Waals surface area contributed by atoms with E-state index in [1.807, 2.05) is 12.1 Å². The predicted molar refractivity (Wildman–Crippen MR) is 75.5 cm³/mol. The van der Waals surface area contributed by atoms with Crippen molar-refractivity contribution in [2.45, 2.75) is 20.3 Å². The fourth-order valence-corrected chi connectivity index (χ4v) is 1.19. The Balaban J connectivity index is 0.000000550. The zero-order valence-corrected chi connectivity index (χ0v) is 11.2. The van der Waals surface area contributed by atoms with Crippen LogP contribution in [-0.2, 0) is 0 Å². The lowest BCUT2D eigenvalue weighted by molar-refractivity contribution is 0.152. The van der Waals surface area contributed by atoms with E-state index in [1.54, 1.807) is 48.5 Å². The number of ether oxygens (including phenoxy) is 2. The Kier molecular flexibility index (Phi) is 6.80. The van der Waals surface area contributed by atoms with Crippen LogP contribution in [0.15, 0.2) is 60.7 Å². The molecular formula is C16H18O3. The second-order valence-corrected chi connectivity index (χ2v) is 3.79. The minimum atomic E-state index is -0.739. The molecule has 0 heterocycles. The molecule has 3 nitrogen and oxygen atoms in total. The second kappa shape index (κ2) is 8.75. The number of para-hydroxylation sites is 2. The molecular weight excluding hydrogens is 240 g/mol. The van der Waals surface area contributed by atoms with Gasteiger partial charge in [-0.05, 0) is 24.3 Å². The average Bonchev–Trinajstić information content (AvgIpc) is 2.41. The van der Waals surface area contributed by atoms with Gasteiger partial charge in [0.2, 0.25) is 0 Å². The average molecular weight is 258 g/mol. The largest absolute Gasteiger partial charge is 0.519 e. The maximum Gasteiger partial charge on any atom is 0.519 e. The van der Waals surface area contributed by atoms with Crippen LogP contribution in [-0.4, -0.2) is 6.16 Å². The standard InChI is InChI=1S/C13H10O3.C3H8/c14-13(15-11-7-3-1-4-8-11)16-12-9-5-2-6-10-12;1-3-2/h1-10H;3H2,1-2H3. The number of carbonyl (C=O) groups is 1.